The van der Waals surface area contributed by atoms with Gasteiger partial charge in [-0.05, 0) is 42.7 Å². The minimum atomic E-state index is -0.0273. The molecule has 0 bridgehead atoms. The number of carbonyl (C=O) groups is 1. The van der Waals surface area contributed by atoms with Gasteiger partial charge in [-0.15, -0.1) is 11.8 Å². The number of amides is 1. The molecule has 0 radical (unpaired) electrons. The lowest BCUT2D eigenvalue weighted by molar-refractivity contribution is -0.118. The second-order valence-electron chi connectivity index (χ2n) is 7.72. The molecule has 1 aliphatic carbocycles. The van der Waals surface area contributed by atoms with E-state index < -0.39 is 0 Å². The molecule has 0 aliphatic heterocycles. The van der Waals surface area contributed by atoms with Crippen molar-refractivity contribution >= 4 is 29.3 Å². The van der Waals surface area contributed by atoms with Crippen molar-refractivity contribution in [1.29, 1.82) is 0 Å². The van der Waals surface area contributed by atoms with Crippen molar-refractivity contribution in [3.63, 3.8) is 0 Å². The fourth-order valence-corrected chi connectivity index (χ4v) is 4.08. The first-order chi connectivity index (χ1) is 14.0. The van der Waals surface area contributed by atoms with E-state index in [2.05, 4.69) is 51.3 Å². The summed E-state index contributed by atoms with van der Waals surface area (Å²) in [5, 5.41) is 9.76. The molecule has 2 aromatic rings. The normalized spacial score (nSPS) is 15.1. The van der Waals surface area contributed by atoms with Crippen LogP contribution in [0.15, 0.2) is 64.5 Å². The van der Waals surface area contributed by atoms with E-state index in [1.165, 1.54) is 17.7 Å². The van der Waals surface area contributed by atoms with Crippen LogP contribution in [0.2, 0.25) is 0 Å². The molecule has 29 heavy (non-hydrogen) atoms. The van der Waals surface area contributed by atoms with E-state index in [0.717, 1.165) is 23.8 Å². The zero-order valence-corrected chi connectivity index (χ0v) is 18.2. The van der Waals surface area contributed by atoms with Gasteiger partial charge < -0.3 is 16.0 Å². The van der Waals surface area contributed by atoms with Gasteiger partial charge in [-0.2, -0.15) is 0 Å². The average molecular weight is 411 g/mol. The Labute approximate surface area is 177 Å². The minimum absolute atomic E-state index is 0.0273. The molecular weight excluding hydrogens is 380 g/mol. The lowest BCUT2D eigenvalue weighted by Crippen LogP contribution is -2.40. The first-order valence-electron chi connectivity index (χ1n) is 10.1. The number of benzene rings is 2. The fraction of sp³-hybridized carbons (Fsp3) is 0.391. The molecule has 0 aromatic heterocycles. The Balaban J connectivity index is 1.45. The molecule has 2 aromatic carbocycles. The Morgan fingerprint density at radius 2 is 1.76 bits per heavy atom. The number of carbonyl (C=O) groups excluding carboxylic acids is 1. The van der Waals surface area contributed by atoms with Gasteiger partial charge >= 0.3 is 0 Å². The lowest BCUT2D eigenvalue weighted by atomic mass is 10.1. The number of anilines is 1. The molecule has 5 nitrogen and oxygen atoms in total. The lowest BCUT2D eigenvalue weighted by Gasteiger charge is -2.18. The molecule has 0 unspecified atom stereocenters. The van der Waals surface area contributed by atoms with Crippen LogP contribution in [0.25, 0.3) is 0 Å². The Morgan fingerprint density at radius 1 is 1.07 bits per heavy atom. The molecular formula is C23H30N4OS. The van der Waals surface area contributed by atoms with Crippen molar-refractivity contribution in [2.24, 2.45) is 10.9 Å². The van der Waals surface area contributed by atoms with Gasteiger partial charge in [0.15, 0.2) is 5.96 Å². The van der Waals surface area contributed by atoms with E-state index in [-0.39, 0.29) is 16.6 Å². The predicted octanol–water partition coefficient (Wildman–Crippen LogP) is 4.27. The van der Waals surface area contributed by atoms with Crippen LogP contribution in [0.4, 0.5) is 5.69 Å². The molecule has 6 heteroatoms. The molecule has 1 amide bonds. The second kappa shape index (κ2) is 9.83. The summed E-state index contributed by atoms with van der Waals surface area (Å²) in [5.41, 5.74) is 1.96. The van der Waals surface area contributed by atoms with E-state index in [1.54, 1.807) is 7.05 Å². The number of nitrogens with zero attached hydrogens (tertiary/aromatic N) is 1. The number of hydrogen-bond acceptors (Lipinski definition) is 3. The third-order valence-corrected chi connectivity index (χ3v) is 6.39. The zero-order valence-electron chi connectivity index (χ0n) is 17.4. The summed E-state index contributed by atoms with van der Waals surface area (Å²) in [6.07, 6.45) is 2.44. The summed E-state index contributed by atoms with van der Waals surface area (Å²) in [7, 11) is 1.80. The van der Waals surface area contributed by atoms with Crippen molar-refractivity contribution < 1.29 is 4.79 Å². The topological polar surface area (TPSA) is 65.5 Å². The van der Waals surface area contributed by atoms with Crippen LogP contribution in [-0.2, 0) is 11.3 Å². The predicted molar refractivity (Wildman–Crippen MR) is 122 cm³/mol. The SMILES string of the molecule is CN=C(NCc1ccc(NC(=O)C(C)C)cc1)NCC1(Sc2ccccc2)CC1. The number of thioether (sulfide) groups is 1. The van der Waals surface area contributed by atoms with Crippen molar-refractivity contribution in [2.45, 2.75) is 42.9 Å². The van der Waals surface area contributed by atoms with Crippen LogP contribution in [0.5, 0.6) is 0 Å². The number of rotatable bonds is 8. The molecule has 3 N–H and O–H groups in total. The zero-order chi connectivity index (χ0) is 20.7. The summed E-state index contributed by atoms with van der Waals surface area (Å²) in [5.74, 6) is 0.811. The first-order valence-corrected chi connectivity index (χ1v) is 10.9. The highest BCUT2D eigenvalue weighted by Gasteiger charge is 2.43. The Kier molecular flexibility index (Phi) is 7.20. The highest BCUT2D eigenvalue weighted by molar-refractivity contribution is 8.01. The van der Waals surface area contributed by atoms with Crippen molar-refractivity contribution in [3.8, 4) is 0 Å². The Hall–Kier alpha value is -2.47. The van der Waals surface area contributed by atoms with Crippen LogP contribution >= 0.6 is 11.8 Å². The summed E-state index contributed by atoms with van der Waals surface area (Å²) in [6, 6.07) is 18.5. The maximum atomic E-state index is 11.8. The van der Waals surface area contributed by atoms with Gasteiger partial charge in [0.25, 0.3) is 0 Å². The molecule has 1 aliphatic rings. The summed E-state index contributed by atoms with van der Waals surface area (Å²) in [4.78, 5) is 17.4. The van der Waals surface area contributed by atoms with Crippen molar-refractivity contribution in [1.82, 2.24) is 10.6 Å². The van der Waals surface area contributed by atoms with Gasteiger partial charge in [0.1, 0.15) is 0 Å². The average Bonchev–Trinajstić information content (AvgIpc) is 3.49. The third kappa shape index (κ3) is 6.53. The number of aliphatic imine (C=N–C) groups is 1. The summed E-state index contributed by atoms with van der Waals surface area (Å²) < 4.78 is 0.273. The van der Waals surface area contributed by atoms with E-state index in [0.29, 0.717) is 6.54 Å². The highest BCUT2D eigenvalue weighted by Crippen LogP contribution is 2.51. The van der Waals surface area contributed by atoms with E-state index in [4.69, 9.17) is 0 Å². The maximum absolute atomic E-state index is 11.8. The van der Waals surface area contributed by atoms with Gasteiger partial charge in [0.05, 0.1) is 0 Å². The number of guanidine groups is 1. The van der Waals surface area contributed by atoms with Crippen LogP contribution in [0.1, 0.15) is 32.3 Å². The van der Waals surface area contributed by atoms with Crippen LogP contribution in [0, 0.1) is 5.92 Å². The molecule has 3 rings (SSSR count). The first kappa shape index (κ1) is 21.2. The molecule has 1 fully saturated rings. The number of nitrogens with one attached hydrogen (secondary N) is 3. The summed E-state index contributed by atoms with van der Waals surface area (Å²) >= 11 is 1.95. The van der Waals surface area contributed by atoms with Gasteiger partial charge in [0, 0.05) is 41.4 Å². The van der Waals surface area contributed by atoms with E-state index >= 15 is 0 Å². The summed E-state index contributed by atoms with van der Waals surface area (Å²) in [6.45, 7) is 5.34. The van der Waals surface area contributed by atoms with Crippen molar-refractivity contribution in [2.75, 3.05) is 18.9 Å². The van der Waals surface area contributed by atoms with Crippen LogP contribution in [0.3, 0.4) is 0 Å². The minimum Gasteiger partial charge on any atom is -0.355 e. The molecule has 0 spiro atoms. The van der Waals surface area contributed by atoms with Crippen LogP contribution in [-0.4, -0.2) is 30.2 Å². The van der Waals surface area contributed by atoms with Gasteiger partial charge in [0.2, 0.25) is 5.91 Å². The smallest absolute Gasteiger partial charge is 0.226 e. The van der Waals surface area contributed by atoms with Crippen molar-refractivity contribution in [3.05, 3.63) is 60.2 Å². The standard InChI is InChI=1S/C23H30N4OS/c1-17(2)21(28)27-19-11-9-18(10-12-19)15-25-22(24-3)26-16-23(13-14-23)29-20-7-5-4-6-8-20/h4-12,17H,13-16H2,1-3H3,(H,27,28)(H2,24,25,26). The molecule has 1 saturated carbocycles. The van der Waals surface area contributed by atoms with Gasteiger partial charge in [-0.1, -0.05) is 44.2 Å². The second-order valence-corrected chi connectivity index (χ2v) is 9.26. The quantitative estimate of drug-likeness (QED) is 0.449. The fourth-order valence-electron chi connectivity index (χ4n) is 2.84. The molecule has 154 valence electrons. The number of hydrogen-bond donors (Lipinski definition) is 3. The van der Waals surface area contributed by atoms with Gasteiger partial charge in [-0.3, -0.25) is 9.79 Å². The van der Waals surface area contributed by atoms with Crippen LogP contribution < -0.4 is 16.0 Å². The third-order valence-electron chi connectivity index (χ3n) is 4.89. The molecule has 0 atom stereocenters. The highest BCUT2D eigenvalue weighted by atomic mass is 32.2. The largest absolute Gasteiger partial charge is 0.355 e. The Bertz CT molecular complexity index is 830. The molecule has 0 heterocycles. The monoisotopic (exact) mass is 410 g/mol. The van der Waals surface area contributed by atoms with E-state index in [1.807, 2.05) is 49.9 Å². The Morgan fingerprint density at radius 3 is 2.34 bits per heavy atom. The maximum Gasteiger partial charge on any atom is 0.226 e. The van der Waals surface area contributed by atoms with Gasteiger partial charge in [-0.25, -0.2) is 0 Å². The van der Waals surface area contributed by atoms with E-state index in [9.17, 15) is 4.79 Å². The molecule has 0 saturated heterocycles.